The molecule has 1 aromatic heterocycles. The van der Waals surface area contributed by atoms with Crippen molar-refractivity contribution in [2.24, 2.45) is 0 Å². The molecular formula is C13H12ClN3O3S. The van der Waals surface area contributed by atoms with E-state index in [1.807, 2.05) is 4.83 Å². The van der Waals surface area contributed by atoms with Crippen LogP contribution in [-0.2, 0) is 15.8 Å². The van der Waals surface area contributed by atoms with E-state index in [9.17, 15) is 13.2 Å². The van der Waals surface area contributed by atoms with Crippen LogP contribution in [0.5, 0.6) is 0 Å². The smallest absolute Gasteiger partial charge is 0.266 e. The number of halogens is 1. The summed E-state index contributed by atoms with van der Waals surface area (Å²) in [5, 5.41) is 0.279. The van der Waals surface area contributed by atoms with Crippen molar-refractivity contribution in [1.29, 1.82) is 0 Å². The molecule has 2 aromatic rings. The van der Waals surface area contributed by atoms with Gasteiger partial charge in [-0.3, -0.25) is 10.2 Å². The molecule has 0 atom stereocenters. The molecule has 0 aliphatic heterocycles. The lowest BCUT2D eigenvalue weighted by Gasteiger charge is -2.08. The quantitative estimate of drug-likeness (QED) is 0.644. The summed E-state index contributed by atoms with van der Waals surface area (Å²) in [6, 6.07) is 11.3. The standard InChI is InChI=1S/C13H12ClN3O3S/c14-12-7-6-10(8-15-12)9-21(19,20)17-16-13(18)11-4-2-1-3-5-11/h1-8,17H,9H2,(H,16,18). The lowest BCUT2D eigenvalue weighted by Crippen LogP contribution is -2.42. The van der Waals surface area contributed by atoms with Crippen LogP contribution in [0.25, 0.3) is 0 Å². The van der Waals surface area contributed by atoms with Crippen molar-refractivity contribution in [1.82, 2.24) is 15.2 Å². The first-order valence-corrected chi connectivity index (χ1v) is 7.94. The molecule has 1 amide bonds. The van der Waals surface area contributed by atoms with Gasteiger partial charge in [0, 0.05) is 11.8 Å². The predicted octanol–water partition coefficient (Wildman–Crippen LogP) is 1.50. The van der Waals surface area contributed by atoms with Crippen molar-refractivity contribution in [3.63, 3.8) is 0 Å². The van der Waals surface area contributed by atoms with E-state index in [1.165, 1.54) is 12.3 Å². The van der Waals surface area contributed by atoms with Gasteiger partial charge in [0.1, 0.15) is 5.15 Å². The Morgan fingerprint density at radius 2 is 1.86 bits per heavy atom. The molecule has 0 saturated heterocycles. The van der Waals surface area contributed by atoms with Crippen LogP contribution in [0.2, 0.25) is 5.15 Å². The number of hydrazine groups is 1. The van der Waals surface area contributed by atoms with Gasteiger partial charge in [-0.2, -0.15) is 0 Å². The van der Waals surface area contributed by atoms with Gasteiger partial charge in [0.05, 0.1) is 5.75 Å². The van der Waals surface area contributed by atoms with Crippen LogP contribution in [0.3, 0.4) is 0 Å². The van der Waals surface area contributed by atoms with E-state index in [0.29, 0.717) is 11.1 Å². The van der Waals surface area contributed by atoms with Crippen molar-refractivity contribution in [3.05, 3.63) is 64.9 Å². The normalized spacial score (nSPS) is 11.1. The maximum absolute atomic E-state index is 11.8. The lowest BCUT2D eigenvalue weighted by atomic mass is 10.2. The number of aromatic nitrogens is 1. The highest BCUT2D eigenvalue weighted by Crippen LogP contribution is 2.07. The number of rotatable bonds is 5. The zero-order chi connectivity index (χ0) is 15.3. The molecule has 0 fully saturated rings. The predicted molar refractivity (Wildman–Crippen MR) is 78.9 cm³/mol. The van der Waals surface area contributed by atoms with Crippen molar-refractivity contribution in [2.45, 2.75) is 5.75 Å². The first kappa shape index (κ1) is 15.4. The van der Waals surface area contributed by atoms with Gasteiger partial charge in [-0.1, -0.05) is 35.9 Å². The molecule has 8 heteroatoms. The average molecular weight is 326 g/mol. The summed E-state index contributed by atoms with van der Waals surface area (Å²) in [6.07, 6.45) is 1.36. The van der Waals surface area contributed by atoms with Gasteiger partial charge in [-0.05, 0) is 23.8 Å². The summed E-state index contributed by atoms with van der Waals surface area (Å²) in [6.45, 7) is 0. The fourth-order valence-electron chi connectivity index (χ4n) is 1.53. The second-order valence-electron chi connectivity index (χ2n) is 4.17. The highest BCUT2D eigenvalue weighted by Gasteiger charge is 2.13. The summed E-state index contributed by atoms with van der Waals surface area (Å²) in [5.41, 5.74) is 2.96. The number of sulfonamides is 1. The van der Waals surface area contributed by atoms with Gasteiger partial charge < -0.3 is 0 Å². The van der Waals surface area contributed by atoms with Gasteiger partial charge in [0.2, 0.25) is 10.0 Å². The molecule has 0 aliphatic carbocycles. The molecule has 1 heterocycles. The summed E-state index contributed by atoms with van der Waals surface area (Å²) in [5.74, 6) is -0.847. The molecule has 0 spiro atoms. The molecule has 0 radical (unpaired) electrons. The molecule has 0 bridgehead atoms. The first-order valence-electron chi connectivity index (χ1n) is 5.91. The van der Waals surface area contributed by atoms with Crippen LogP contribution in [0.15, 0.2) is 48.7 Å². The van der Waals surface area contributed by atoms with Gasteiger partial charge >= 0.3 is 0 Å². The third-order valence-electron chi connectivity index (χ3n) is 2.50. The Kier molecular flexibility index (Phi) is 4.89. The van der Waals surface area contributed by atoms with Crippen LogP contribution in [0, 0.1) is 0 Å². The minimum atomic E-state index is -3.72. The first-order chi connectivity index (χ1) is 9.96. The van der Waals surface area contributed by atoms with Crippen LogP contribution < -0.4 is 10.3 Å². The SMILES string of the molecule is O=C(NNS(=O)(=O)Cc1ccc(Cl)nc1)c1ccccc1. The maximum atomic E-state index is 11.8. The van der Waals surface area contributed by atoms with Crippen LogP contribution in [0.1, 0.15) is 15.9 Å². The molecule has 110 valence electrons. The lowest BCUT2D eigenvalue weighted by molar-refractivity contribution is 0.0945. The molecule has 6 nitrogen and oxygen atoms in total. The van der Waals surface area contributed by atoms with Gasteiger partial charge in [0.15, 0.2) is 0 Å². The molecule has 1 aromatic carbocycles. The molecular weight excluding hydrogens is 314 g/mol. The van der Waals surface area contributed by atoms with E-state index in [0.717, 1.165) is 0 Å². The summed E-state index contributed by atoms with van der Waals surface area (Å²) < 4.78 is 23.7. The van der Waals surface area contributed by atoms with Gasteiger partial charge in [-0.15, -0.1) is 4.83 Å². The number of pyridine rings is 1. The summed E-state index contributed by atoms with van der Waals surface area (Å²) in [4.78, 5) is 17.5. The van der Waals surface area contributed by atoms with Gasteiger partial charge in [-0.25, -0.2) is 13.4 Å². The number of nitrogens with zero attached hydrogens (tertiary/aromatic N) is 1. The number of carbonyl (C=O) groups excluding carboxylic acids is 1. The Bertz CT molecular complexity index is 718. The Labute approximate surface area is 127 Å². The molecule has 2 N–H and O–H groups in total. The Morgan fingerprint density at radius 3 is 2.48 bits per heavy atom. The fraction of sp³-hybridized carbons (Fsp3) is 0.0769. The molecule has 0 saturated carbocycles. The highest BCUT2D eigenvalue weighted by molar-refractivity contribution is 7.88. The minimum absolute atomic E-state index is 0.279. The fourth-order valence-corrected chi connectivity index (χ4v) is 2.57. The Morgan fingerprint density at radius 1 is 1.14 bits per heavy atom. The third kappa shape index (κ3) is 4.82. The van der Waals surface area contributed by atoms with Crippen molar-refractivity contribution in [2.75, 3.05) is 0 Å². The van der Waals surface area contributed by atoms with E-state index in [-0.39, 0.29) is 10.9 Å². The second-order valence-corrected chi connectivity index (χ2v) is 6.28. The van der Waals surface area contributed by atoms with Crippen molar-refractivity contribution >= 4 is 27.5 Å². The van der Waals surface area contributed by atoms with E-state index < -0.39 is 15.9 Å². The maximum Gasteiger partial charge on any atom is 0.266 e. The molecule has 21 heavy (non-hydrogen) atoms. The number of benzene rings is 1. The summed E-state index contributed by atoms with van der Waals surface area (Å²) >= 11 is 5.62. The van der Waals surface area contributed by atoms with Gasteiger partial charge in [0.25, 0.3) is 5.91 Å². The van der Waals surface area contributed by atoms with Crippen molar-refractivity contribution in [3.8, 4) is 0 Å². The second kappa shape index (κ2) is 6.66. The number of amides is 1. The number of hydrogen-bond donors (Lipinski definition) is 2. The largest absolute Gasteiger partial charge is 0.274 e. The minimum Gasteiger partial charge on any atom is -0.274 e. The molecule has 2 rings (SSSR count). The molecule has 0 unspecified atom stereocenters. The van der Waals surface area contributed by atoms with Crippen molar-refractivity contribution < 1.29 is 13.2 Å². The number of nitrogens with one attached hydrogen (secondary N) is 2. The Balaban J connectivity index is 1.95. The van der Waals surface area contributed by atoms with Crippen LogP contribution in [0.4, 0.5) is 0 Å². The monoisotopic (exact) mass is 325 g/mol. The highest BCUT2D eigenvalue weighted by atomic mass is 35.5. The third-order valence-corrected chi connectivity index (χ3v) is 3.85. The Hall–Kier alpha value is -1.96. The average Bonchev–Trinajstić information content (AvgIpc) is 2.48. The molecule has 0 aliphatic rings. The number of hydrogen-bond acceptors (Lipinski definition) is 4. The summed E-state index contributed by atoms with van der Waals surface area (Å²) in [7, 11) is -3.72. The number of carbonyl (C=O) groups is 1. The topological polar surface area (TPSA) is 88.2 Å². The van der Waals surface area contributed by atoms with Crippen LogP contribution in [-0.4, -0.2) is 19.3 Å². The zero-order valence-electron chi connectivity index (χ0n) is 10.8. The van der Waals surface area contributed by atoms with E-state index in [4.69, 9.17) is 11.6 Å². The van der Waals surface area contributed by atoms with Crippen LogP contribution >= 0.6 is 11.6 Å². The van der Waals surface area contributed by atoms with E-state index in [2.05, 4.69) is 10.4 Å². The zero-order valence-corrected chi connectivity index (χ0v) is 12.4. The van der Waals surface area contributed by atoms with E-state index >= 15 is 0 Å². The van der Waals surface area contributed by atoms with E-state index in [1.54, 1.807) is 36.4 Å².